The molecule has 6 unspecified atom stereocenters. The van der Waals surface area contributed by atoms with Crippen molar-refractivity contribution in [3.63, 3.8) is 0 Å². The molecular weight excluding hydrogens is 290 g/mol. The summed E-state index contributed by atoms with van der Waals surface area (Å²) in [5.74, 6) is 0.521. The van der Waals surface area contributed by atoms with Crippen LogP contribution in [0.25, 0.3) is 0 Å². The van der Waals surface area contributed by atoms with E-state index in [-0.39, 0.29) is 33.8 Å². The van der Waals surface area contributed by atoms with Crippen LogP contribution in [0.2, 0.25) is 0 Å². The lowest BCUT2D eigenvalue weighted by atomic mass is 9.76. The summed E-state index contributed by atoms with van der Waals surface area (Å²) < 4.78 is 5.97. The standard InChI is InChI=1S/C11H8Cl4O/c12-6-2-10-4-1-5(9(15)8(4)14)11(10,16-10)3-7(6)13/h2-5,8-9H,1H2. The normalized spacial score (nSPS) is 61.2. The first kappa shape index (κ1) is 10.5. The molecule has 0 N–H and O–H groups in total. The highest BCUT2D eigenvalue weighted by molar-refractivity contribution is 6.44. The van der Waals surface area contributed by atoms with Crippen molar-refractivity contribution in [1.29, 1.82) is 0 Å². The summed E-state index contributed by atoms with van der Waals surface area (Å²) in [6.45, 7) is 0. The minimum absolute atomic E-state index is 0.0340. The molecule has 1 saturated heterocycles. The minimum atomic E-state index is -0.315. The second-order valence-electron chi connectivity index (χ2n) is 5.01. The van der Waals surface area contributed by atoms with E-state index in [4.69, 9.17) is 51.1 Å². The lowest BCUT2D eigenvalue weighted by molar-refractivity contribution is 0.205. The van der Waals surface area contributed by atoms with Gasteiger partial charge in [-0.05, 0) is 18.6 Å². The minimum Gasteiger partial charge on any atom is -0.353 e. The third kappa shape index (κ3) is 0.874. The predicted octanol–water partition coefficient (Wildman–Crippen LogP) is 3.62. The fraction of sp³-hybridized carbons (Fsp3) is 0.636. The van der Waals surface area contributed by atoms with Gasteiger partial charge in [0.15, 0.2) is 0 Å². The zero-order chi connectivity index (χ0) is 11.3. The maximum Gasteiger partial charge on any atom is 0.126 e. The average molecular weight is 298 g/mol. The molecule has 0 spiro atoms. The summed E-state index contributed by atoms with van der Waals surface area (Å²) in [7, 11) is 0. The van der Waals surface area contributed by atoms with E-state index in [1.807, 2.05) is 12.2 Å². The number of hydrogen-bond donors (Lipinski definition) is 0. The largest absolute Gasteiger partial charge is 0.353 e. The van der Waals surface area contributed by atoms with Crippen molar-refractivity contribution in [2.24, 2.45) is 11.8 Å². The average Bonchev–Trinajstić information content (AvgIpc) is 2.68. The third-order valence-corrected chi connectivity index (χ3v) is 6.50. The molecule has 5 heteroatoms. The van der Waals surface area contributed by atoms with Gasteiger partial charge in [0.25, 0.3) is 0 Å². The Morgan fingerprint density at radius 2 is 1.44 bits per heavy atom. The molecule has 86 valence electrons. The molecule has 4 aliphatic rings. The van der Waals surface area contributed by atoms with Crippen LogP contribution in [-0.4, -0.2) is 22.0 Å². The number of ether oxygens (including phenoxy) is 1. The molecule has 0 amide bonds. The first-order chi connectivity index (χ1) is 7.52. The van der Waals surface area contributed by atoms with Crippen molar-refractivity contribution in [2.75, 3.05) is 0 Å². The smallest absolute Gasteiger partial charge is 0.126 e. The van der Waals surface area contributed by atoms with Gasteiger partial charge in [0.2, 0.25) is 0 Å². The van der Waals surface area contributed by atoms with Crippen LogP contribution in [0.1, 0.15) is 6.42 Å². The second-order valence-corrected chi connectivity index (χ2v) is 6.83. The molecule has 0 aromatic carbocycles. The van der Waals surface area contributed by atoms with Gasteiger partial charge in [-0.2, -0.15) is 0 Å². The fourth-order valence-electron chi connectivity index (χ4n) is 3.80. The van der Waals surface area contributed by atoms with Crippen LogP contribution in [0.15, 0.2) is 22.2 Å². The SMILES string of the molecule is ClC1=CC23OC2(C=C1Cl)C1CC3C(Cl)C1Cl. The molecule has 0 radical (unpaired) electrons. The monoisotopic (exact) mass is 296 g/mol. The fourth-order valence-corrected chi connectivity index (χ4v) is 5.16. The molecule has 2 saturated carbocycles. The maximum atomic E-state index is 6.34. The van der Waals surface area contributed by atoms with Gasteiger partial charge in [0, 0.05) is 11.8 Å². The van der Waals surface area contributed by atoms with E-state index in [0.717, 1.165) is 6.42 Å². The Kier molecular flexibility index (Phi) is 1.83. The van der Waals surface area contributed by atoms with E-state index in [0.29, 0.717) is 10.1 Å². The second kappa shape index (κ2) is 2.78. The van der Waals surface area contributed by atoms with Crippen LogP contribution in [-0.2, 0) is 4.74 Å². The van der Waals surface area contributed by atoms with E-state index >= 15 is 0 Å². The number of allylic oxidation sites excluding steroid dienone is 2. The number of halogens is 4. The Hall–Kier alpha value is 0.600. The summed E-state index contributed by atoms with van der Waals surface area (Å²) in [5.41, 5.74) is -0.629. The van der Waals surface area contributed by atoms with Gasteiger partial charge in [-0.3, -0.25) is 0 Å². The molecule has 0 aromatic heterocycles. The van der Waals surface area contributed by atoms with E-state index < -0.39 is 0 Å². The van der Waals surface area contributed by atoms with Crippen LogP contribution in [0, 0.1) is 11.8 Å². The number of rotatable bonds is 0. The summed E-state index contributed by atoms with van der Waals surface area (Å²) in [6, 6.07) is 0. The molecule has 1 nitrogen and oxygen atoms in total. The third-order valence-electron chi connectivity index (χ3n) is 4.50. The summed E-state index contributed by atoms with van der Waals surface area (Å²) in [5, 5.41) is 1.07. The quantitative estimate of drug-likeness (QED) is 0.491. The molecule has 16 heavy (non-hydrogen) atoms. The van der Waals surface area contributed by atoms with E-state index in [1.165, 1.54) is 0 Å². The van der Waals surface area contributed by atoms with Gasteiger partial charge in [-0.15, -0.1) is 23.2 Å². The molecule has 0 aromatic rings. The summed E-state index contributed by atoms with van der Waals surface area (Å²) in [6.07, 6.45) is 4.86. The highest BCUT2D eigenvalue weighted by Gasteiger charge is 2.85. The van der Waals surface area contributed by atoms with E-state index in [9.17, 15) is 0 Å². The molecule has 1 heterocycles. The predicted molar refractivity (Wildman–Crippen MR) is 65.3 cm³/mol. The Bertz CT molecular complexity index is 419. The van der Waals surface area contributed by atoms with Gasteiger partial charge in [0.05, 0.1) is 20.8 Å². The lowest BCUT2D eigenvalue weighted by Crippen LogP contribution is -2.42. The van der Waals surface area contributed by atoms with Gasteiger partial charge in [-0.1, -0.05) is 23.2 Å². The van der Waals surface area contributed by atoms with Crippen molar-refractivity contribution < 1.29 is 4.74 Å². The summed E-state index contributed by atoms with van der Waals surface area (Å²) in [4.78, 5) is 0. The highest BCUT2D eigenvalue weighted by atomic mass is 35.5. The Morgan fingerprint density at radius 3 is 1.88 bits per heavy atom. The van der Waals surface area contributed by atoms with E-state index in [1.54, 1.807) is 0 Å². The number of alkyl halides is 2. The van der Waals surface area contributed by atoms with Gasteiger partial charge in [0.1, 0.15) is 11.2 Å². The Balaban J connectivity index is 1.88. The molecule has 3 fully saturated rings. The number of fused-ring (bicyclic) bond motifs is 2. The molecule has 4 rings (SSSR count). The van der Waals surface area contributed by atoms with Crippen LogP contribution in [0.4, 0.5) is 0 Å². The first-order valence-electron chi connectivity index (χ1n) is 5.27. The van der Waals surface area contributed by atoms with Gasteiger partial charge >= 0.3 is 0 Å². The molecule has 1 aliphatic heterocycles. The zero-order valence-electron chi connectivity index (χ0n) is 8.09. The summed E-state index contributed by atoms with van der Waals surface area (Å²) >= 11 is 24.8. The number of epoxide rings is 1. The maximum absolute atomic E-state index is 6.34. The Labute approximate surface area is 113 Å². The van der Waals surface area contributed by atoms with Crippen molar-refractivity contribution >= 4 is 46.4 Å². The lowest BCUT2D eigenvalue weighted by Gasteiger charge is -2.30. The molecule has 2 bridgehead atoms. The van der Waals surface area contributed by atoms with Crippen LogP contribution in [0.3, 0.4) is 0 Å². The van der Waals surface area contributed by atoms with Crippen LogP contribution in [0.5, 0.6) is 0 Å². The van der Waals surface area contributed by atoms with E-state index in [2.05, 4.69) is 0 Å². The number of hydrogen-bond acceptors (Lipinski definition) is 1. The van der Waals surface area contributed by atoms with Crippen LogP contribution >= 0.6 is 46.4 Å². The highest BCUT2D eigenvalue weighted by Crippen LogP contribution is 2.75. The van der Waals surface area contributed by atoms with Crippen molar-refractivity contribution in [1.82, 2.24) is 0 Å². The van der Waals surface area contributed by atoms with Crippen molar-refractivity contribution in [2.45, 2.75) is 28.4 Å². The topological polar surface area (TPSA) is 12.5 Å². The van der Waals surface area contributed by atoms with Gasteiger partial charge in [-0.25, -0.2) is 0 Å². The van der Waals surface area contributed by atoms with Crippen molar-refractivity contribution in [3.05, 3.63) is 22.2 Å². The van der Waals surface area contributed by atoms with Gasteiger partial charge < -0.3 is 4.74 Å². The van der Waals surface area contributed by atoms with Crippen molar-refractivity contribution in [3.8, 4) is 0 Å². The zero-order valence-corrected chi connectivity index (χ0v) is 11.1. The van der Waals surface area contributed by atoms with Crippen LogP contribution < -0.4 is 0 Å². The molecule has 6 atom stereocenters. The Morgan fingerprint density at radius 1 is 1.00 bits per heavy atom. The molecule has 3 aliphatic carbocycles. The molecular formula is C11H8Cl4O. The first-order valence-corrected chi connectivity index (χ1v) is 6.90.